The number of nitrogens with two attached hydrogens (primary N) is 1. The molecule has 0 aromatic rings. The molecule has 11 heavy (non-hydrogen) atoms. The normalized spacial score (nSPS) is 6.55. The summed E-state index contributed by atoms with van der Waals surface area (Å²) >= 11 is 6.37. The van der Waals surface area contributed by atoms with E-state index in [0.717, 1.165) is 5.67 Å². The second kappa shape index (κ2) is 7.05. The van der Waals surface area contributed by atoms with Gasteiger partial charge in [-0.3, -0.25) is 5.73 Å². The smallest absolute Gasteiger partial charge is 0.267 e. The lowest BCUT2D eigenvalue weighted by atomic mass is 10.7. The first-order chi connectivity index (χ1) is 5.31. The average molecular weight is 187 g/mol. The monoisotopic (exact) mass is 186 g/mol. The highest BCUT2D eigenvalue weighted by molar-refractivity contribution is 8.13. The van der Waals surface area contributed by atoms with Crippen LogP contribution in [0.15, 0.2) is 0 Å². The molecule has 0 aliphatic carbocycles. The molecule has 0 saturated carbocycles. The van der Waals surface area contributed by atoms with E-state index in [4.69, 9.17) is 22.6 Å². The van der Waals surface area contributed by atoms with E-state index in [9.17, 15) is 0 Å². The van der Waals surface area contributed by atoms with Crippen molar-refractivity contribution in [1.82, 2.24) is 4.67 Å². The van der Waals surface area contributed by atoms with Gasteiger partial charge in [-0.2, -0.15) is 9.93 Å². The molecule has 5 heteroatoms. The second-order valence-electron chi connectivity index (χ2n) is 1.27. The summed E-state index contributed by atoms with van der Waals surface area (Å²) in [5.74, 6) is 5.24. The van der Waals surface area contributed by atoms with Crippen LogP contribution in [-0.2, 0) is 0 Å². The molecule has 0 amide bonds. The number of hydrogen-bond donors (Lipinski definition) is 1. The van der Waals surface area contributed by atoms with Gasteiger partial charge in [-0.25, -0.2) is 0 Å². The van der Waals surface area contributed by atoms with Gasteiger partial charge in [-0.1, -0.05) is 5.92 Å². The molecular formula is C6H5ClN3S+. The summed E-state index contributed by atoms with van der Waals surface area (Å²) in [7, 11) is 0. The Kier molecular flexibility index (Phi) is 6.37. The van der Waals surface area contributed by atoms with Crippen molar-refractivity contribution in [3.05, 3.63) is 0 Å². The Hall–Kier alpha value is -1.06. The van der Waals surface area contributed by atoms with Crippen molar-refractivity contribution < 1.29 is 0 Å². The quantitative estimate of drug-likeness (QED) is 0.269. The van der Waals surface area contributed by atoms with Gasteiger partial charge in [0.15, 0.2) is 6.07 Å². The summed E-state index contributed by atoms with van der Waals surface area (Å²) in [6, 6.07) is 1.68. The summed E-state index contributed by atoms with van der Waals surface area (Å²) in [6.07, 6.45) is 0. The molecule has 0 bridgehead atoms. The molecule has 2 N–H and O–H groups in total. The van der Waals surface area contributed by atoms with Crippen molar-refractivity contribution in [1.29, 1.82) is 5.26 Å². The van der Waals surface area contributed by atoms with Gasteiger partial charge < -0.3 is 0 Å². The van der Waals surface area contributed by atoms with Crippen molar-refractivity contribution in [3.8, 4) is 17.9 Å². The molecule has 0 aromatic heterocycles. The summed E-state index contributed by atoms with van der Waals surface area (Å²) in [6.45, 7) is 0. The van der Waals surface area contributed by atoms with Crippen molar-refractivity contribution in [2.45, 2.75) is 0 Å². The van der Waals surface area contributed by atoms with Gasteiger partial charge in [0.2, 0.25) is 0 Å². The Bertz CT molecular complexity index is 274. The van der Waals surface area contributed by atoms with Crippen molar-refractivity contribution in [2.75, 3.05) is 5.75 Å². The van der Waals surface area contributed by atoms with Gasteiger partial charge in [0.25, 0.3) is 5.67 Å². The van der Waals surface area contributed by atoms with Gasteiger partial charge in [-0.05, 0) is 23.4 Å². The van der Waals surface area contributed by atoms with Crippen LogP contribution >= 0.6 is 23.4 Å². The van der Waals surface area contributed by atoms with Gasteiger partial charge >= 0.3 is 5.17 Å². The van der Waals surface area contributed by atoms with E-state index in [1.807, 2.05) is 0 Å². The van der Waals surface area contributed by atoms with Gasteiger partial charge in [0.1, 0.15) is 0 Å². The number of nitriles is 1. The Labute approximate surface area is 74.0 Å². The van der Waals surface area contributed by atoms with Crippen LogP contribution in [-0.4, -0.2) is 16.6 Å². The molecule has 0 rings (SSSR count). The summed E-state index contributed by atoms with van der Waals surface area (Å²) in [5.41, 5.74) is 6.40. The van der Waals surface area contributed by atoms with Crippen LogP contribution in [0.2, 0.25) is 0 Å². The topological polar surface area (TPSA) is 63.9 Å². The lowest BCUT2D eigenvalue weighted by Crippen LogP contribution is -2.10. The molecule has 0 spiro atoms. The maximum atomic E-state index is 8.01. The number of rotatable bonds is 1. The third-order valence-corrected chi connectivity index (χ3v) is 1.40. The van der Waals surface area contributed by atoms with Crippen LogP contribution in [0.1, 0.15) is 0 Å². The first-order valence-electron chi connectivity index (χ1n) is 2.56. The van der Waals surface area contributed by atoms with Crippen LogP contribution in [0.25, 0.3) is 0 Å². The van der Waals surface area contributed by atoms with Crippen molar-refractivity contribution >= 4 is 34.2 Å². The number of amidine groups is 1. The van der Waals surface area contributed by atoms with E-state index in [1.165, 1.54) is 11.8 Å². The Morgan fingerprint density at radius 1 is 1.82 bits per heavy atom. The molecule has 3 nitrogen and oxygen atoms in total. The predicted octanol–water partition coefficient (Wildman–Crippen LogP) is -0.104. The fourth-order valence-electron chi connectivity index (χ4n) is 0.271. The molecule has 0 aliphatic heterocycles. The number of thioether (sulfide) groups is 1. The van der Waals surface area contributed by atoms with Gasteiger partial charge in [0.05, 0.1) is 5.75 Å². The Morgan fingerprint density at radius 2 is 2.55 bits per heavy atom. The number of hydrogen-bond acceptors (Lipinski definition) is 2. The average Bonchev–Trinajstić information content (AvgIpc) is 1.99. The molecule has 0 unspecified atom stereocenters. The van der Waals surface area contributed by atoms with Crippen LogP contribution in [0.4, 0.5) is 0 Å². The number of nitrogens with zero attached hydrogens (tertiary/aromatic N) is 2. The van der Waals surface area contributed by atoms with Crippen LogP contribution in [0.5, 0.6) is 0 Å². The molecule has 0 radical (unpaired) electrons. The third kappa shape index (κ3) is 6.83. The van der Waals surface area contributed by atoms with Crippen LogP contribution in [0.3, 0.4) is 0 Å². The van der Waals surface area contributed by atoms with E-state index >= 15 is 0 Å². The molecule has 0 atom stereocenters. The lowest BCUT2D eigenvalue weighted by Gasteiger charge is -1.78. The molecule has 56 valence electrons. The SMILES string of the molecule is N#CC#CCSC(N)=[N+]=CCl. The first-order valence-corrected chi connectivity index (χ1v) is 3.98. The molecular weight excluding hydrogens is 182 g/mol. The molecule has 0 fully saturated rings. The maximum absolute atomic E-state index is 8.01. The van der Waals surface area contributed by atoms with Crippen molar-refractivity contribution in [3.63, 3.8) is 0 Å². The maximum Gasteiger partial charge on any atom is 0.404 e. The summed E-state index contributed by atoms with van der Waals surface area (Å²) in [4.78, 5) is 0. The Morgan fingerprint density at radius 3 is 3.09 bits per heavy atom. The molecule has 0 heterocycles. The van der Waals surface area contributed by atoms with Gasteiger partial charge in [0, 0.05) is 5.92 Å². The predicted molar refractivity (Wildman–Crippen MR) is 49.1 cm³/mol. The minimum Gasteiger partial charge on any atom is -0.267 e. The van der Waals surface area contributed by atoms with E-state index in [-0.39, 0.29) is 0 Å². The molecule has 0 aromatic carbocycles. The summed E-state index contributed by atoms with van der Waals surface area (Å²) in [5, 5.41) is 8.35. The first kappa shape index (κ1) is 9.94. The van der Waals surface area contributed by atoms with E-state index in [0.29, 0.717) is 10.9 Å². The third-order valence-electron chi connectivity index (χ3n) is 0.613. The molecule has 0 aliphatic rings. The van der Waals surface area contributed by atoms with E-state index in [2.05, 4.69) is 16.5 Å². The highest BCUT2D eigenvalue weighted by Crippen LogP contribution is 1.93. The molecule has 0 saturated heterocycles. The summed E-state index contributed by atoms with van der Waals surface area (Å²) < 4.78 is 3.57. The van der Waals surface area contributed by atoms with Gasteiger partial charge in [-0.15, -0.1) is 0 Å². The fraction of sp³-hybridized carbons (Fsp3) is 0.167. The van der Waals surface area contributed by atoms with E-state index < -0.39 is 0 Å². The zero-order valence-corrected chi connectivity index (χ0v) is 7.11. The standard InChI is InChI=1S/C6H4ClN3S/c7-5-10-6(9)11-4-2-1-3-8/h5,9H,4H2/p+1. The highest BCUT2D eigenvalue weighted by atomic mass is 35.5. The van der Waals surface area contributed by atoms with Crippen molar-refractivity contribution in [2.24, 2.45) is 5.73 Å². The fourth-order valence-corrected chi connectivity index (χ4v) is 0.853. The zero-order chi connectivity index (χ0) is 8.53. The van der Waals surface area contributed by atoms with Crippen LogP contribution in [0, 0.1) is 23.2 Å². The second-order valence-corrected chi connectivity index (χ2v) is 2.46. The van der Waals surface area contributed by atoms with Crippen LogP contribution < -0.4 is 10.4 Å². The Balaban J connectivity index is 3.74. The zero-order valence-electron chi connectivity index (χ0n) is 5.54. The lowest BCUT2D eigenvalue weighted by molar-refractivity contribution is 1.55. The largest absolute Gasteiger partial charge is 0.404 e. The highest BCUT2D eigenvalue weighted by Gasteiger charge is 1.97. The number of halogens is 1. The minimum absolute atomic E-state index is 0.340. The van der Waals surface area contributed by atoms with E-state index in [1.54, 1.807) is 6.07 Å². The minimum atomic E-state index is 0.340.